The molecule has 2 saturated heterocycles. The van der Waals surface area contributed by atoms with E-state index in [1.54, 1.807) is 0 Å². The lowest BCUT2D eigenvalue weighted by Crippen LogP contribution is -2.41. The molecule has 2 fully saturated rings. The summed E-state index contributed by atoms with van der Waals surface area (Å²) in [4.78, 5) is 5.30. The number of hydrogen-bond donors (Lipinski definition) is 0. The Bertz CT molecular complexity index is 179. The number of piperidine rings is 2. The Labute approximate surface area is 101 Å². The van der Waals surface area contributed by atoms with Crippen LogP contribution in [0.2, 0.25) is 0 Å². The van der Waals surface area contributed by atoms with Gasteiger partial charge in [-0.25, -0.2) is 0 Å². The van der Waals surface area contributed by atoms with Gasteiger partial charge in [0.2, 0.25) is 0 Å². The Kier molecular flexibility index (Phi) is 5.11. The highest BCUT2D eigenvalue weighted by molar-refractivity contribution is 4.74. The molecule has 0 N–H and O–H groups in total. The molecule has 93 valence electrons. The summed E-state index contributed by atoms with van der Waals surface area (Å²) in [6.07, 6.45) is 8.19. The standard InChI is InChI=1S/C14H27N2/c1-2-14-6-10-16(11-7-14)13-12-15-8-4-3-5-9-15/h14H,1-13H2. The van der Waals surface area contributed by atoms with Gasteiger partial charge in [0, 0.05) is 13.1 Å². The van der Waals surface area contributed by atoms with Crippen LogP contribution in [0.3, 0.4) is 0 Å². The first-order valence-corrected chi connectivity index (χ1v) is 7.12. The molecular formula is C14H27N2. The molecule has 0 aromatic carbocycles. The Balaban J connectivity index is 1.59. The van der Waals surface area contributed by atoms with Crippen molar-refractivity contribution in [1.82, 2.24) is 9.80 Å². The molecular weight excluding hydrogens is 196 g/mol. The average Bonchev–Trinajstić information content (AvgIpc) is 2.38. The highest BCUT2D eigenvalue weighted by Crippen LogP contribution is 2.19. The van der Waals surface area contributed by atoms with Gasteiger partial charge in [-0.1, -0.05) is 19.8 Å². The Morgan fingerprint density at radius 3 is 1.94 bits per heavy atom. The maximum absolute atomic E-state index is 4.03. The van der Waals surface area contributed by atoms with Gasteiger partial charge >= 0.3 is 0 Å². The van der Waals surface area contributed by atoms with E-state index in [9.17, 15) is 0 Å². The molecule has 0 bridgehead atoms. The highest BCUT2D eigenvalue weighted by Gasteiger charge is 2.18. The molecule has 0 atom stereocenters. The smallest absolute Gasteiger partial charge is 0.0109 e. The third-order valence-electron chi connectivity index (χ3n) is 4.30. The number of likely N-dealkylation sites (tertiary alicyclic amines) is 2. The molecule has 0 unspecified atom stereocenters. The van der Waals surface area contributed by atoms with Crippen LogP contribution in [0, 0.1) is 12.8 Å². The van der Waals surface area contributed by atoms with E-state index in [2.05, 4.69) is 16.7 Å². The highest BCUT2D eigenvalue weighted by atomic mass is 15.2. The van der Waals surface area contributed by atoms with E-state index in [4.69, 9.17) is 0 Å². The predicted molar refractivity (Wildman–Crippen MR) is 69.4 cm³/mol. The first-order valence-electron chi connectivity index (χ1n) is 7.12. The van der Waals surface area contributed by atoms with Crippen LogP contribution < -0.4 is 0 Å². The molecule has 0 spiro atoms. The summed E-state index contributed by atoms with van der Waals surface area (Å²) < 4.78 is 0. The molecule has 2 heterocycles. The molecule has 1 radical (unpaired) electrons. The molecule has 0 aliphatic carbocycles. The van der Waals surface area contributed by atoms with E-state index in [0.717, 1.165) is 12.3 Å². The normalized spacial score (nSPS) is 26.1. The van der Waals surface area contributed by atoms with E-state index >= 15 is 0 Å². The minimum absolute atomic E-state index is 0.909. The molecule has 2 nitrogen and oxygen atoms in total. The van der Waals surface area contributed by atoms with Crippen LogP contribution >= 0.6 is 0 Å². The van der Waals surface area contributed by atoms with Gasteiger partial charge in [0.25, 0.3) is 0 Å². The van der Waals surface area contributed by atoms with Crippen LogP contribution in [0.4, 0.5) is 0 Å². The average molecular weight is 223 g/mol. The van der Waals surface area contributed by atoms with E-state index in [1.807, 2.05) is 0 Å². The van der Waals surface area contributed by atoms with Gasteiger partial charge in [-0.05, 0) is 57.8 Å². The SMILES string of the molecule is [CH2]CC1CCN(CCN2CCCCC2)CC1. The maximum Gasteiger partial charge on any atom is 0.0109 e. The largest absolute Gasteiger partial charge is 0.302 e. The maximum atomic E-state index is 4.03. The minimum Gasteiger partial charge on any atom is -0.302 e. The lowest BCUT2D eigenvalue weighted by atomic mass is 9.94. The fourth-order valence-corrected chi connectivity index (χ4v) is 2.96. The van der Waals surface area contributed by atoms with E-state index < -0.39 is 0 Å². The van der Waals surface area contributed by atoms with Crippen molar-refractivity contribution in [3.05, 3.63) is 6.92 Å². The summed E-state index contributed by atoms with van der Waals surface area (Å²) in [6, 6.07) is 0. The van der Waals surface area contributed by atoms with E-state index in [1.165, 1.54) is 71.4 Å². The summed E-state index contributed by atoms with van der Waals surface area (Å²) in [6.45, 7) is 11.9. The van der Waals surface area contributed by atoms with Crippen LogP contribution in [0.25, 0.3) is 0 Å². The van der Waals surface area contributed by atoms with Crippen LogP contribution in [-0.2, 0) is 0 Å². The first-order chi connectivity index (χ1) is 7.88. The van der Waals surface area contributed by atoms with Gasteiger partial charge in [-0.3, -0.25) is 0 Å². The van der Waals surface area contributed by atoms with Crippen molar-refractivity contribution in [3.63, 3.8) is 0 Å². The molecule has 2 aliphatic heterocycles. The Hall–Kier alpha value is -0.0800. The minimum atomic E-state index is 0.909. The number of nitrogens with zero attached hydrogens (tertiary/aromatic N) is 2. The van der Waals surface area contributed by atoms with Crippen molar-refractivity contribution in [2.24, 2.45) is 5.92 Å². The molecule has 0 aromatic heterocycles. The van der Waals surface area contributed by atoms with E-state index in [0.29, 0.717) is 0 Å². The molecule has 2 heteroatoms. The van der Waals surface area contributed by atoms with Gasteiger partial charge in [0.05, 0.1) is 0 Å². The molecule has 0 saturated carbocycles. The second-order valence-corrected chi connectivity index (χ2v) is 5.48. The zero-order valence-electron chi connectivity index (χ0n) is 10.7. The van der Waals surface area contributed by atoms with Crippen molar-refractivity contribution >= 4 is 0 Å². The number of hydrogen-bond acceptors (Lipinski definition) is 2. The topological polar surface area (TPSA) is 6.48 Å². The fourth-order valence-electron chi connectivity index (χ4n) is 2.96. The van der Waals surface area contributed by atoms with Crippen molar-refractivity contribution in [3.8, 4) is 0 Å². The second kappa shape index (κ2) is 6.61. The van der Waals surface area contributed by atoms with Crippen LogP contribution in [0.1, 0.15) is 38.5 Å². The third-order valence-corrected chi connectivity index (χ3v) is 4.30. The zero-order valence-corrected chi connectivity index (χ0v) is 10.7. The van der Waals surface area contributed by atoms with Gasteiger partial charge < -0.3 is 9.80 Å². The van der Waals surface area contributed by atoms with Gasteiger partial charge in [0.1, 0.15) is 0 Å². The van der Waals surface area contributed by atoms with Gasteiger partial charge in [-0.2, -0.15) is 0 Å². The summed E-state index contributed by atoms with van der Waals surface area (Å²) in [7, 11) is 0. The summed E-state index contributed by atoms with van der Waals surface area (Å²) in [5, 5.41) is 0. The molecule has 0 amide bonds. The van der Waals surface area contributed by atoms with Crippen LogP contribution in [0.15, 0.2) is 0 Å². The van der Waals surface area contributed by atoms with E-state index in [-0.39, 0.29) is 0 Å². The lowest BCUT2D eigenvalue weighted by Gasteiger charge is -2.34. The number of rotatable bonds is 4. The second-order valence-electron chi connectivity index (χ2n) is 5.48. The van der Waals surface area contributed by atoms with Crippen LogP contribution in [-0.4, -0.2) is 49.1 Å². The molecule has 16 heavy (non-hydrogen) atoms. The zero-order chi connectivity index (χ0) is 11.2. The fraction of sp³-hybridized carbons (Fsp3) is 0.929. The van der Waals surface area contributed by atoms with Crippen molar-refractivity contribution in [2.45, 2.75) is 38.5 Å². The Morgan fingerprint density at radius 1 is 0.812 bits per heavy atom. The predicted octanol–water partition coefficient (Wildman–Crippen LogP) is 2.41. The summed E-state index contributed by atoms with van der Waals surface area (Å²) >= 11 is 0. The Morgan fingerprint density at radius 2 is 1.38 bits per heavy atom. The first kappa shape index (κ1) is 12.4. The molecule has 0 aromatic rings. The van der Waals surface area contributed by atoms with Crippen molar-refractivity contribution in [2.75, 3.05) is 39.3 Å². The summed E-state index contributed by atoms with van der Waals surface area (Å²) in [5.74, 6) is 0.909. The van der Waals surface area contributed by atoms with Gasteiger partial charge in [-0.15, -0.1) is 0 Å². The van der Waals surface area contributed by atoms with Crippen molar-refractivity contribution in [1.29, 1.82) is 0 Å². The quantitative estimate of drug-likeness (QED) is 0.722. The monoisotopic (exact) mass is 223 g/mol. The van der Waals surface area contributed by atoms with Crippen molar-refractivity contribution < 1.29 is 0 Å². The third kappa shape index (κ3) is 3.74. The molecule has 2 rings (SSSR count). The molecule has 2 aliphatic rings. The van der Waals surface area contributed by atoms with Crippen LogP contribution in [0.5, 0.6) is 0 Å². The lowest BCUT2D eigenvalue weighted by molar-refractivity contribution is 0.146. The van der Waals surface area contributed by atoms with Gasteiger partial charge in [0.15, 0.2) is 0 Å². The summed E-state index contributed by atoms with van der Waals surface area (Å²) in [5.41, 5.74) is 0.